The number of hydrogen-bond donors (Lipinski definition) is 2. The molecule has 0 fully saturated rings. The van der Waals surface area contributed by atoms with Gasteiger partial charge >= 0.3 is 6.08 Å². The third-order valence-electron chi connectivity index (χ3n) is 2.73. The van der Waals surface area contributed by atoms with Crippen molar-refractivity contribution in [3.63, 3.8) is 0 Å². The van der Waals surface area contributed by atoms with Crippen LogP contribution in [0, 0.1) is 6.08 Å². The van der Waals surface area contributed by atoms with Gasteiger partial charge in [-0.3, -0.25) is 4.79 Å². The lowest BCUT2D eigenvalue weighted by molar-refractivity contribution is 0.0912. The number of para-hydroxylation sites is 1. The van der Waals surface area contributed by atoms with Gasteiger partial charge in [-0.15, -0.1) is 0 Å². The molecule has 0 bridgehead atoms. The number of anilines is 1. The molecule has 3 N–H and O–H groups in total. The Morgan fingerprint density at radius 3 is 2.76 bits per heavy atom. The number of nitrogens with one attached hydrogen (secondary N) is 1. The Bertz CT molecular complexity index is 803. The molecule has 3 rings (SSSR count). The number of hydrogen-bond acceptors (Lipinski definition) is 6. The minimum atomic E-state index is -0.994. The standard InChI is InChI=1S/C13H10FN5O2/c14-13-17-10(15)9-12(19-13)18-11(16-9)8(20)6-21-7-4-2-1-3-5-7/h1-5H,6H2,(H3,15,16,17,18,19). The molecule has 0 aliphatic heterocycles. The highest BCUT2D eigenvalue weighted by atomic mass is 19.1. The molecule has 0 saturated carbocycles. The van der Waals surface area contributed by atoms with Crippen molar-refractivity contribution in [3.05, 3.63) is 42.2 Å². The minimum Gasteiger partial charge on any atom is -0.485 e. The Balaban J connectivity index is 1.80. The van der Waals surface area contributed by atoms with Crippen LogP contribution in [-0.4, -0.2) is 32.3 Å². The van der Waals surface area contributed by atoms with Crippen LogP contribution in [0.3, 0.4) is 0 Å². The van der Waals surface area contributed by atoms with Gasteiger partial charge in [0.2, 0.25) is 5.78 Å². The minimum absolute atomic E-state index is 0.00283. The highest BCUT2D eigenvalue weighted by Crippen LogP contribution is 2.15. The van der Waals surface area contributed by atoms with Gasteiger partial charge in [-0.2, -0.15) is 14.4 Å². The monoisotopic (exact) mass is 287 g/mol. The zero-order valence-electron chi connectivity index (χ0n) is 10.7. The molecular formula is C13H10FN5O2. The molecule has 106 valence electrons. The van der Waals surface area contributed by atoms with E-state index in [1.54, 1.807) is 24.3 Å². The molecule has 0 amide bonds. The Morgan fingerprint density at radius 1 is 1.24 bits per heavy atom. The lowest BCUT2D eigenvalue weighted by atomic mass is 10.3. The number of nitrogen functional groups attached to an aromatic ring is 1. The van der Waals surface area contributed by atoms with E-state index in [4.69, 9.17) is 10.5 Å². The van der Waals surface area contributed by atoms with E-state index < -0.39 is 11.9 Å². The van der Waals surface area contributed by atoms with Crippen LogP contribution in [0.15, 0.2) is 30.3 Å². The summed E-state index contributed by atoms with van der Waals surface area (Å²) in [5.74, 6) is 0.0459. The number of aromatic amines is 1. The molecule has 0 atom stereocenters. The number of H-pyrrole nitrogens is 1. The first-order chi connectivity index (χ1) is 10.1. The zero-order chi connectivity index (χ0) is 14.8. The molecule has 8 heteroatoms. The van der Waals surface area contributed by atoms with Crippen LogP contribution in [0.4, 0.5) is 10.2 Å². The van der Waals surface area contributed by atoms with Crippen LogP contribution in [0.25, 0.3) is 11.2 Å². The summed E-state index contributed by atoms with van der Waals surface area (Å²) < 4.78 is 18.3. The number of rotatable bonds is 4. The first-order valence-electron chi connectivity index (χ1n) is 6.03. The van der Waals surface area contributed by atoms with Crippen LogP contribution < -0.4 is 10.5 Å². The van der Waals surface area contributed by atoms with E-state index in [1.807, 2.05) is 6.07 Å². The largest absolute Gasteiger partial charge is 0.485 e. The van der Waals surface area contributed by atoms with Gasteiger partial charge < -0.3 is 15.5 Å². The molecule has 0 spiro atoms. The summed E-state index contributed by atoms with van der Waals surface area (Å²) in [6, 6.07) is 8.87. The number of ether oxygens (including phenoxy) is 1. The third kappa shape index (κ3) is 2.64. The van der Waals surface area contributed by atoms with Crippen LogP contribution in [0.5, 0.6) is 5.75 Å². The fraction of sp³-hybridized carbons (Fsp3) is 0.0769. The Hall–Kier alpha value is -3.03. The molecule has 7 nitrogen and oxygen atoms in total. The van der Waals surface area contributed by atoms with Gasteiger partial charge in [0.25, 0.3) is 0 Å². The van der Waals surface area contributed by atoms with Gasteiger partial charge in [-0.05, 0) is 12.1 Å². The molecule has 0 unspecified atom stereocenters. The lowest BCUT2D eigenvalue weighted by Crippen LogP contribution is -2.13. The van der Waals surface area contributed by atoms with Crippen molar-refractivity contribution in [2.45, 2.75) is 0 Å². The summed E-state index contributed by atoms with van der Waals surface area (Å²) in [4.78, 5) is 25.4. The van der Waals surface area contributed by atoms with E-state index in [0.29, 0.717) is 5.75 Å². The van der Waals surface area contributed by atoms with E-state index in [2.05, 4.69) is 19.9 Å². The topological polar surface area (TPSA) is 107 Å². The van der Waals surface area contributed by atoms with Gasteiger partial charge in [0.05, 0.1) is 0 Å². The number of ketones is 1. The van der Waals surface area contributed by atoms with Gasteiger partial charge in [0.15, 0.2) is 23.9 Å². The smallest absolute Gasteiger partial charge is 0.312 e. The number of nitrogens with zero attached hydrogens (tertiary/aromatic N) is 3. The van der Waals surface area contributed by atoms with Crippen LogP contribution in [0.1, 0.15) is 10.6 Å². The summed E-state index contributed by atoms with van der Waals surface area (Å²) in [7, 11) is 0. The van der Waals surface area contributed by atoms with E-state index in [0.717, 1.165) is 0 Å². The fourth-order valence-corrected chi connectivity index (χ4v) is 1.76. The second-order valence-electron chi connectivity index (χ2n) is 4.19. The number of carbonyl (C=O) groups excluding carboxylic acids is 1. The van der Waals surface area contributed by atoms with Gasteiger partial charge in [0, 0.05) is 0 Å². The van der Waals surface area contributed by atoms with Crippen LogP contribution in [-0.2, 0) is 0 Å². The maximum Gasteiger partial charge on any atom is 0.312 e. The summed E-state index contributed by atoms with van der Waals surface area (Å²) in [5.41, 5.74) is 5.76. The van der Waals surface area contributed by atoms with E-state index in [-0.39, 0.29) is 29.4 Å². The van der Waals surface area contributed by atoms with Crippen molar-refractivity contribution in [3.8, 4) is 5.75 Å². The van der Waals surface area contributed by atoms with Crippen LogP contribution in [0.2, 0.25) is 0 Å². The number of Topliss-reactive ketones (excluding diaryl/α,β-unsaturated/α-hetero) is 1. The normalized spacial score (nSPS) is 10.7. The first-order valence-corrected chi connectivity index (χ1v) is 6.03. The molecular weight excluding hydrogens is 277 g/mol. The number of halogens is 1. The van der Waals surface area contributed by atoms with Crippen molar-refractivity contribution in [1.29, 1.82) is 0 Å². The van der Waals surface area contributed by atoms with Crippen molar-refractivity contribution in [1.82, 2.24) is 19.9 Å². The predicted molar refractivity (Wildman–Crippen MR) is 72.3 cm³/mol. The maximum absolute atomic E-state index is 13.0. The Kier molecular flexibility index (Phi) is 3.19. The number of nitrogens with two attached hydrogens (primary N) is 1. The van der Waals surface area contributed by atoms with E-state index in [9.17, 15) is 9.18 Å². The number of imidazole rings is 1. The molecule has 0 aliphatic rings. The molecule has 0 radical (unpaired) electrons. The van der Waals surface area contributed by atoms with Crippen LogP contribution >= 0.6 is 0 Å². The quantitative estimate of drug-likeness (QED) is 0.554. The number of fused-ring (bicyclic) bond motifs is 1. The number of carbonyl (C=O) groups is 1. The molecule has 0 aliphatic carbocycles. The highest BCUT2D eigenvalue weighted by molar-refractivity contribution is 5.97. The third-order valence-corrected chi connectivity index (χ3v) is 2.73. The number of benzene rings is 1. The number of aromatic nitrogens is 4. The van der Waals surface area contributed by atoms with Gasteiger partial charge in [-0.25, -0.2) is 4.98 Å². The second-order valence-corrected chi connectivity index (χ2v) is 4.19. The average molecular weight is 287 g/mol. The second kappa shape index (κ2) is 5.16. The summed E-state index contributed by atoms with van der Waals surface area (Å²) >= 11 is 0. The maximum atomic E-state index is 13.0. The fourth-order valence-electron chi connectivity index (χ4n) is 1.76. The molecule has 0 saturated heterocycles. The van der Waals surface area contributed by atoms with Crippen molar-refractivity contribution < 1.29 is 13.9 Å². The molecule has 21 heavy (non-hydrogen) atoms. The summed E-state index contributed by atoms with van der Waals surface area (Å²) in [5, 5.41) is 0. The molecule has 2 aromatic heterocycles. The van der Waals surface area contributed by atoms with Crippen molar-refractivity contribution >= 4 is 22.8 Å². The van der Waals surface area contributed by atoms with E-state index in [1.165, 1.54) is 0 Å². The van der Waals surface area contributed by atoms with Crippen molar-refractivity contribution in [2.75, 3.05) is 12.3 Å². The molecule has 3 aromatic rings. The molecule has 2 heterocycles. The lowest BCUT2D eigenvalue weighted by Gasteiger charge is -2.02. The van der Waals surface area contributed by atoms with Gasteiger partial charge in [0.1, 0.15) is 11.3 Å². The Labute approximate surface area is 118 Å². The Morgan fingerprint density at radius 2 is 2.00 bits per heavy atom. The zero-order valence-corrected chi connectivity index (χ0v) is 10.7. The van der Waals surface area contributed by atoms with Gasteiger partial charge in [-0.1, -0.05) is 18.2 Å². The SMILES string of the molecule is Nc1nc(F)nc2nc(C(=O)COc3ccccc3)[nH]c12. The first kappa shape index (κ1) is 13.0. The highest BCUT2D eigenvalue weighted by Gasteiger charge is 2.16. The van der Waals surface area contributed by atoms with Crippen molar-refractivity contribution in [2.24, 2.45) is 0 Å². The summed E-state index contributed by atoms with van der Waals surface area (Å²) in [6.45, 7) is -0.209. The molecule has 1 aromatic carbocycles. The van der Waals surface area contributed by atoms with E-state index >= 15 is 0 Å². The average Bonchev–Trinajstić information content (AvgIpc) is 2.90. The summed E-state index contributed by atoms with van der Waals surface area (Å²) in [6.07, 6.45) is -0.994. The predicted octanol–water partition coefficient (Wildman–Crippen LogP) is 1.34.